The molecule has 0 aliphatic carbocycles. The Morgan fingerprint density at radius 3 is 2.28 bits per heavy atom. The Hall–Kier alpha value is -4.94. The molecule has 1 aromatic carbocycles. The molecule has 1 amide bonds. The number of hydrogen-bond acceptors (Lipinski definition) is 23. The van der Waals surface area contributed by atoms with Gasteiger partial charge in [0, 0.05) is 34.3 Å². The van der Waals surface area contributed by atoms with E-state index >= 15 is 0 Å². The second kappa shape index (κ2) is 21.8. The van der Waals surface area contributed by atoms with Gasteiger partial charge in [0.1, 0.15) is 60.8 Å². The van der Waals surface area contributed by atoms with Crippen LogP contribution in [0.25, 0.3) is 21.6 Å². The number of azide groups is 1. The third kappa shape index (κ3) is 13.2. The molecule has 5 unspecified atom stereocenters. The number of benzene rings is 1. The second-order valence-electron chi connectivity index (χ2n) is 15.8. The second-order valence-corrected chi connectivity index (χ2v) is 21.6. The highest BCUT2D eigenvalue weighted by molar-refractivity contribution is 8.77. The predicted molar refractivity (Wildman–Crippen MR) is 238 cm³/mol. The lowest BCUT2D eigenvalue weighted by atomic mass is 10.1. The van der Waals surface area contributed by atoms with Gasteiger partial charge in [-0.05, 0) is 17.2 Å². The van der Waals surface area contributed by atoms with E-state index in [1.807, 2.05) is 20.8 Å². The number of aromatic nitrogens is 6. The molecule has 29 nitrogen and oxygen atoms in total. The highest BCUT2D eigenvalue weighted by atomic mass is 33.1. The maximum Gasteiger partial charge on any atom is 0.472 e. The Labute approximate surface area is 392 Å². The van der Waals surface area contributed by atoms with Crippen molar-refractivity contribution in [3.63, 3.8) is 0 Å². The van der Waals surface area contributed by atoms with E-state index < -0.39 is 102 Å². The number of imidazole rings is 1. The number of nitrogens with two attached hydrogens (primary N) is 2. The molecule has 33 heteroatoms. The van der Waals surface area contributed by atoms with E-state index in [0.29, 0.717) is 11.3 Å². The minimum Gasteiger partial charge on any atom is -0.455 e. The summed E-state index contributed by atoms with van der Waals surface area (Å²) in [6.07, 6.45) is -11.7. The van der Waals surface area contributed by atoms with Crippen LogP contribution in [-0.4, -0.2) is 144 Å². The van der Waals surface area contributed by atoms with E-state index in [0.717, 1.165) is 22.0 Å². The van der Waals surface area contributed by atoms with Crippen molar-refractivity contribution >= 4 is 77.8 Å². The quantitative estimate of drug-likeness (QED) is 0.0176. The molecule has 0 bridgehead atoms. The maximum atomic E-state index is 14.3. The molecule has 370 valence electrons. The third-order valence-corrected chi connectivity index (χ3v) is 14.5. The van der Waals surface area contributed by atoms with Gasteiger partial charge in [0.2, 0.25) is 0 Å². The van der Waals surface area contributed by atoms with Crippen LogP contribution in [0.5, 0.6) is 0 Å². The molecule has 5 heterocycles. The van der Waals surface area contributed by atoms with Crippen molar-refractivity contribution in [2.24, 2.45) is 5.11 Å². The van der Waals surface area contributed by atoms with E-state index in [4.69, 9.17) is 45.0 Å². The Morgan fingerprint density at radius 2 is 1.63 bits per heavy atom. The largest absolute Gasteiger partial charge is 0.472 e. The molecule has 68 heavy (non-hydrogen) atoms. The van der Waals surface area contributed by atoms with Crippen molar-refractivity contribution in [3.8, 4) is 0 Å². The molecule has 0 saturated carbocycles. The number of rotatable bonds is 19. The average Bonchev–Trinajstić information content (AvgIpc) is 3.92. The number of phosphoric ester groups is 2. The van der Waals surface area contributed by atoms with Gasteiger partial charge in [-0.2, -0.15) is 4.98 Å². The van der Waals surface area contributed by atoms with E-state index in [1.54, 1.807) is 12.1 Å². The standard InChI is InChI=1S/C35H46N12O17P2S2/c1-35(2,3)68-67-14-19(45(4)34(52)58-11-17-5-7-18(8-6-17)43-44-38)32(50)63-26-20(61-31(24(26)48)47-16-41-23-28(37)39-15-40-29(23)47)13-60-66(56,57)64-27-21(12-59-65(53,54)55)62-30(25(27)49)46-10-9-22(36)42-33(46)51/h5-10,15-16,19-21,24-27,30-31,48-49H,11-14H2,1-4H3,(H,56,57)(H2,36,42,51)(H2,37,39,40)(H2,53,54,55)/t19-,20?,21+,24?,25+,26?,27+,30+,31?/m0/s1. The summed E-state index contributed by atoms with van der Waals surface area (Å²) in [7, 11) is -6.75. The average molecular weight is 1030 g/mol. The summed E-state index contributed by atoms with van der Waals surface area (Å²) in [4.78, 5) is 89.6. The van der Waals surface area contributed by atoms with Gasteiger partial charge < -0.3 is 55.3 Å². The van der Waals surface area contributed by atoms with Crippen LogP contribution in [0.4, 0.5) is 22.1 Å². The number of esters is 1. The van der Waals surface area contributed by atoms with Gasteiger partial charge in [-0.25, -0.2) is 38.5 Å². The number of carbonyl (C=O) groups excluding carboxylic acids is 2. The van der Waals surface area contributed by atoms with Crippen LogP contribution >= 0.6 is 37.2 Å². The zero-order valence-corrected chi connectivity index (χ0v) is 39.5. The van der Waals surface area contributed by atoms with Crippen LogP contribution in [-0.2, 0) is 53.1 Å². The normalized spacial score (nSPS) is 24.2. The summed E-state index contributed by atoms with van der Waals surface area (Å²) < 4.78 is 65.1. The summed E-state index contributed by atoms with van der Waals surface area (Å²) in [5.41, 5.74) is 20.2. The summed E-state index contributed by atoms with van der Waals surface area (Å²) in [5.74, 6) is -1.37. The van der Waals surface area contributed by atoms with E-state index in [-0.39, 0.29) is 39.9 Å². The molecule has 10 atom stereocenters. The SMILES string of the molecule is CN(C(=O)OCc1ccc(N=[N+]=[N-])cc1)[C@@H](CSSC(C)(C)C)C(=O)OC1C(COP(=O)(O)O[C@H]2[C@@H](O)[C@H](n3ccc(N)nc3=O)O[C@@H]2COP(=O)(O)O)OC(n2cnc3c(N)ncnc32)C1O. The van der Waals surface area contributed by atoms with Gasteiger partial charge in [0.25, 0.3) is 0 Å². The first-order valence-corrected chi connectivity index (χ1v) is 25.1. The zero-order valence-electron chi connectivity index (χ0n) is 36.1. The zero-order chi connectivity index (χ0) is 49.7. The molecule has 6 rings (SSSR count). The highest BCUT2D eigenvalue weighted by Crippen LogP contribution is 2.50. The highest BCUT2D eigenvalue weighted by Gasteiger charge is 2.52. The van der Waals surface area contributed by atoms with Gasteiger partial charge in [-0.15, -0.1) is 0 Å². The number of hydrogen-bond donors (Lipinski definition) is 7. The first-order chi connectivity index (χ1) is 31.9. The number of fused-ring (bicyclic) bond motifs is 1. The molecule has 2 aliphatic rings. The number of amides is 1. The molecule has 2 aliphatic heterocycles. The number of likely N-dealkylation sites (N-methyl/N-ethyl adjacent to an activating group) is 1. The fourth-order valence-corrected chi connectivity index (χ4v) is 10.4. The number of phosphoric acid groups is 2. The number of ether oxygens (including phenoxy) is 4. The molecular weight excluding hydrogens is 987 g/mol. The van der Waals surface area contributed by atoms with Gasteiger partial charge >= 0.3 is 33.4 Å². The molecule has 2 saturated heterocycles. The first kappa shape index (κ1) is 52.4. The van der Waals surface area contributed by atoms with Crippen LogP contribution in [0.2, 0.25) is 0 Å². The number of aliphatic hydroxyl groups is 2. The van der Waals surface area contributed by atoms with Crippen molar-refractivity contribution in [1.82, 2.24) is 34.0 Å². The van der Waals surface area contributed by atoms with Crippen molar-refractivity contribution in [2.75, 3.05) is 37.5 Å². The summed E-state index contributed by atoms with van der Waals surface area (Å²) in [5, 5.41) is 26.5. The lowest BCUT2D eigenvalue weighted by Gasteiger charge is -2.29. The topological polar surface area (TPSA) is 417 Å². The lowest BCUT2D eigenvalue weighted by molar-refractivity contribution is -0.161. The van der Waals surface area contributed by atoms with Gasteiger partial charge in [0.15, 0.2) is 30.0 Å². The molecule has 3 aromatic heterocycles. The van der Waals surface area contributed by atoms with E-state index in [2.05, 4.69) is 34.5 Å². The molecule has 2 fully saturated rings. The van der Waals surface area contributed by atoms with E-state index in [1.165, 1.54) is 57.7 Å². The maximum absolute atomic E-state index is 14.3. The van der Waals surface area contributed by atoms with Crippen LogP contribution < -0.4 is 17.2 Å². The monoisotopic (exact) mass is 1030 g/mol. The van der Waals surface area contributed by atoms with Gasteiger partial charge in [-0.3, -0.25) is 27.6 Å². The van der Waals surface area contributed by atoms with E-state index in [9.17, 15) is 48.4 Å². The third-order valence-electron chi connectivity index (χ3n) is 9.74. The first-order valence-electron chi connectivity index (χ1n) is 19.8. The van der Waals surface area contributed by atoms with Crippen molar-refractivity contribution < 1.29 is 76.1 Å². The number of aliphatic hydroxyl groups excluding tert-OH is 2. The fourth-order valence-electron chi connectivity index (χ4n) is 6.55. The Balaban J connectivity index is 1.24. The Bertz CT molecular complexity index is 2650. The number of nitrogen functional groups attached to an aromatic ring is 2. The molecule has 0 radical (unpaired) electrons. The van der Waals surface area contributed by atoms with Crippen LogP contribution in [0.1, 0.15) is 38.8 Å². The molecular formula is C35H46N12O17P2S2. The minimum atomic E-state index is -5.46. The predicted octanol–water partition coefficient (Wildman–Crippen LogP) is 2.05. The summed E-state index contributed by atoms with van der Waals surface area (Å²) in [6.45, 7) is 3.50. The molecule has 4 aromatic rings. The minimum absolute atomic E-state index is 0.0293. The fraction of sp³-hybridized carbons (Fsp3) is 0.514. The summed E-state index contributed by atoms with van der Waals surface area (Å²) in [6, 6.07) is 5.95. The van der Waals surface area contributed by atoms with Crippen molar-refractivity contribution in [1.29, 1.82) is 0 Å². The number of carbonyl (C=O) groups is 2. The Kier molecular flexibility index (Phi) is 16.8. The van der Waals surface area contributed by atoms with Crippen molar-refractivity contribution in [3.05, 3.63) is 75.7 Å². The lowest BCUT2D eigenvalue weighted by Crippen LogP contribution is -2.48. The van der Waals surface area contributed by atoms with Gasteiger partial charge in [0.05, 0.1) is 19.5 Å². The van der Waals surface area contributed by atoms with Crippen molar-refractivity contribution in [2.45, 2.75) is 87.2 Å². The summed E-state index contributed by atoms with van der Waals surface area (Å²) >= 11 is 0. The van der Waals surface area contributed by atoms with Crippen LogP contribution in [0, 0.1) is 0 Å². The van der Waals surface area contributed by atoms with Crippen LogP contribution in [0.15, 0.2) is 59.1 Å². The smallest absolute Gasteiger partial charge is 0.455 e. The number of nitrogens with zero attached hydrogens (tertiary/aromatic N) is 10. The Morgan fingerprint density at radius 1 is 0.985 bits per heavy atom. The number of anilines is 2. The van der Waals surface area contributed by atoms with Crippen LogP contribution in [0.3, 0.4) is 0 Å². The molecule has 9 N–H and O–H groups in total. The molecule has 0 spiro atoms. The van der Waals surface area contributed by atoms with Gasteiger partial charge in [-0.1, -0.05) is 71.7 Å².